The van der Waals surface area contributed by atoms with E-state index in [-0.39, 0.29) is 23.6 Å². The predicted molar refractivity (Wildman–Crippen MR) is 93.9 cm³/mol. The van der Waals surface area contributed by atoms with Gasteiger partial charge < -0.3 is 9.31 Å². The summed E-state index contributed by atoms with van der Waals surface area (Å²) in [6.45, 7) is 14.8. The summed E-state index contributed by atoms with van der Waals surface area (Å²) in [6.07, 6.45) is 5.26. The Bertz CT molecular complexity index is 493. The second-order valence-electron chi connectivity index (χ2n) is 7.30. The standard InChI is InChI=1S/C19H29BO2/c1-7-9-15-19(8-2,16-13-11-10-12-14-16)20-21-17(3,4)18(5,6)22-20/h8,10-14H,2,7,9,15H2,1,3-6H3. The van der Waals surface area contributed by atoms with Crippen molar-refractivity contribution in [3.63, 3.8) is 0 Å². The van der Waals surface area contributed by atoms with E-state index in [0.717, 1.165) is 19.3 Å². The van der Waals surface area contributed by atoms with Crippen molar-refractivity contribution >= 4 is 7.12 Å². The quantitative estimate of drug-likeness (QED) is 0.547. The molecule has 0 amide bonds. The van der Waals surface area contributed by atoms with Crippen LogP contribution in [0.1, 0.15) is 59.4 Å². The normalized spacial score (nSPS) is 22.3. The molecular weight excluding hydrogens is 271 g/mol. The molecule has 1 heterocycles. The van der Waals surface area contributed by atoms with Crippen LogP contribution in [0.4, 0.5) is 0 Å². The molecule has 1 fully saturated rings. The number of hydrogen-bond donors (Lipinski definition) is 0. The van der Waals surface area contributed by atoms with Crippen LogP contribution in [0.25, 0.3) is 0 Å². The van der Waals surface area contributed by atoms with Gasteiger partial charge in [-0.15, -0.1) is 6.58 Å². The fourth-order valence-electron chi connectivity index (χ4n) is 2.99. The van der Waals surface area contributed by atoms with Crippen LogP contribution < -0.4 is 0 Å². The lowest BCUT2D eigenvalue weighted by molar-refractivity contribution is 0.00578. The number of hydrogen-bond acceptors (Lipinski definition) is 2. The molecule has 1 atom stereocenters. The van der Waals surface area contributed by atoms with Gasteiger partial charge in [0.2, 0.25) is 0 Å². The zero-order chi connectivity index (χ0) is 16.4. The molecule has 0 N–H and O–H groups in total. The van der Waals surface area contributed by atoms with Gasteiger partial charge in [-0.3, -0.25) is 0 Å². The van der Waals surface area contributed by atoms with Crippen LogP contribution in [0, 0.1) is 0 Å². The zero-order valence-electron chi connectivity index (χ0n) is 14.7. The van der Waals surface area contributed by atoms with E-state index >= 15 is 0 Å². The van der Waals surface area contributed by atoms with Gasteiger partial charge in [-0.2, -0.15) is 0 Å². The average molecular weight is 300 g/mol. The summed E-state index contributed by atoms with van der Waals surface area (Å²) >= 11 is 0. The first-order chi connectivity index (χ1) is 10.3. The lowest BCUT2D eigenvalue weighted by atomic mass is 9.52. The van der Waals surface area contributed by atoms with Crippen molar-refractivity contribution in [1.82, 2.24) is 0 Å². The third-order valence-electron chi connectivity index (χ3n) is 5.29. The maximum atomic E-state index is 6.38. The summed E-state index contributed by atoms with van der Waals surface area (Å²) in [7, 11) is -0.302. The van der Waals surface area contributed by atoms with Gasteiger partial charge in [0.15, 0.2) is 0 Å². The molecule has 0 saturated carbocycles. The van der Waals surface area contributed by atoms with E-state index in [9.17, 15) is 0 Å². The Morgan fingerprint density at radius 1 is 1.09 bits per heavy atom. The van der Waals surface area contributed by atoms with Gasteiger partial charge in [0.05, 0.1) is 11.2 Å². The maximum Gasteiger partial charge on any atom is 0.473 e. The van der Waals surface area contributed by atoms with E-state index in [1.54, 1.807) is 0 Å². The van der Waals surface area contributed by atoms with Crippen LogP contribution in [0.15, 0.2) is 43.0 Å². The van der Waals surface area contributed by atoms with Crippen molar-refractivity contribution in [2.45, 2.75) is 70.4 Å². The molecule has 0 spiro atoms. The highest BCUT2D eigenvalue weighted by atomic mass is 16.7. The minimum atomic E-state index is -0.326. The molecule has 0 aromatic heterocycles. The molecule has 0 bridgehead atoms. The van der Waals surface area contributed by atoms with E-state index in [2.05, 4.69) is 65.5 Å². The fourth-order valence-corrected chi connectivity index (χ4v) is 2.99. The Balaban J connectivity index is 2.44. The fraction of sp³-hybridized carbons (Fsp3) is 0.579. The third-order valence-corrected chi connectivity index (χ3v) is 5.29. The average Bonchev–Trinajstić information content (AvgIpc) is 2.70. The van der Waals surface area contributed by atoms with E-state index < -0.39 is 0 Å². The smallest absolute Gasteiger partial charge is 0.402 e. The van der Waals surface area contributed by atoms with Crippen LogP contribution in [-0.2, 0) is 14.6 Å². The zero-order valence-corrected chi connectivity index (χ0v) is 14.7. The van der Waals surface area contributed by atoms with Crippen molar-refractivity contribution in [3.05, 3.63) is 48.6 Å². The van der Waals surface area contributed by atoms with Crippen LogP contribution in [-0.4, -0.2) is 18.3 Å². The largest absolute Gasteiger partial charge is 0.473 e. The summed E-state index contributed by atoms with van der Waals surface area (Å²) in [5.41, 5.74) is 0.566. The number of allylic oxidation sites excluding steroid dienone is 1. The van der Waals surface area contributed by atoms with Gasteiger partial charge in [0.25, 0.3) is 0 Å². The molecule has 1 unspecified atom stereocenters. The van der Waals surface area contributed by atoms with Gasteiger partial charge >= 0.3 is 7.12 Å². The Hall–Kier alpha value is -1.06. The second-order valence-corrected chi connectivity index (χ2v) is 7.30. The lowest BCUT2D eigenvalue weighted by Gasteiger charge is -2.33. The molecule has 0 radical (unpaired) electrons. The molecule has 1 saturated heterocycles. The Morgan fingerprint density at radius 2 is 1.64 bits per heavy atom. The lowest BCUT2D eigenvalue weighted by Crippen LogP contribution is -2.44. The van der Waals surface area contributed by atoms with Crippen molar-refractivity contribution in [1.29, 1.82) is 0 Å². The molecule has 2 nitrogen and oxygen atoms in total. The molecule has 22 heavy (non-hydrogen) atoms. The first-order valence-electron chi connectivity index (χ1n) is 8.34. The highest BCUT2D eigenvalue weighted by molar-refractivity contribution is 6.50. The van der Waals surface area contributed by atoms with E-state index in [0.29, 0.717) is 0 Å². The summed E-state index contributed by atoms with van der Waals surface area (Å²) in [5.74, 6) is 0. The Morgan fingerprint density at radius 3 is 2.09 bits per heavy atom. The molecular formula is C19H29BO2. The molecule has 3 heteroatoms. The Labute approximate surface area is 136 Å². The summed E-state index contributed by atoms with van der Waals surface area (Å²) in [5, 5.41) is -0.303. The van der Waals surface area contributed by atoms with Gasteiger partial charge in [-0.1, -0.05) is 56.2 Å². The molecule has 120 valence electrons. The molecule has 1 aliphatic heterocycles. The Kier molecular flexibility index (Phi) is 4.89. The SMILES string of the molecule is C=CC(CCCC)(B1OC(C)(C)C(C)(C)O1)c1ccccc1. The minimum Gasteiger partial charge on any atom is -0.402 e. The first kappa shape index (κ1) is 17.3. The van der Waals surface area contributed by atoms with Crippen LogP contribution in [0.2, 0.25) is 0 Å². The molecule has 1 aromatic carbocycles. The van der Waals surface area contributed by atoms with Crippen molar-refractivity contribution < 1.29 is 9.31 Å². The summed E-state index contributed by atoms with van der Waals surface area (Å²) in [4.78, 5) is 0. The number of rotatable bonds is 6. The van der Waals surface area contributed by atoms with Gasteiger partial charge in [0, 0.05) is 5.31 Å². The van der Waals surface area contributed by atoms with Crippen LogP contribution in [0.5, 0.6) is 0 Å². The number of benzene rings is 1. The van der Waals surface area contributed by atoms with E-state index in [1.807, 2.05) is 12.1 Å². The highest BCUT2D eigenvalue weighted by Crippen LogP contribution is 2.45. The monoisotopic (exact) mass is 300 g/mol. The van der Waals surface area contributed by atoms with Gasteiger partial charge in [-0.05, 0) is 39.7 Å². The van der Waals surface area contributed by atoms with Crippen LogP contribution in [0.3, 0.4) is 0 Å². The van der Waals surface area contributed by atoms with Crippen molar-refractivity contribution in [3.8, 4) is 0 Å². The maximum absolute atomic E-state index is 6.38. The summed E-state index contributed by atoms with van der Waals surface area (Å²) < 4.78 is 12.8. The van der Waals surface area contributed by atoms with Crippen molar-refractivity contribution in [2.24, 2.45) is 0 Å². The minimum absolute atomic E-state index is 0.302. The first-order valence-corrected chi connectivity index (χ1v) is 8.34. The van der Waals surface area contributed by atoms with Gasteiger partial charge in [0.1, 0.15) is 0 Å². The second kappa shape index (κ2) is 6.21. The topological polar surface area (TPSA) is 18.5 Å². The van der Waals surface area contributed by atoms with Gasteiger partial charge in [-0.25, -0.2) is 0 Å². The number of unbranched alkanes of at least 4 members (excludes halogenated alkanes) is 1. The molecule has 0 aliphatic carbocycles. The molecule has 2 rings (SSSR count). The van der Waals surface area contributed by atoms with E-state index in [4.69, 9.17) is 9.31 Å². The highest BCUT2D eigenvalue weighted by Gasteiger charge is 2.58. The molecule has 1 aliphatic rings. The predicted octanol–water partition coefficient (Wildman–Crippen LogP) is 4.93. The van der Waals surface area contributed by atoms with Crippen molar-refractivity contribution in [2.75, 3.05) is 0 Å². The molecule has 1 aromatic rings. The summed E-state index contributed by atoms with van der Waals surface area (Å²) in [6, 6.07) is 10.5. The third kappa shape index (κ3) is 2.89. The van der Waals surface area contributed by atoms with Crippen LogP contribution >= 0.6 is 0 Å². The van der Waals surface area contributed by atoms with E-state index in [1.165, 1.54) is 5.56 Å².